The van der Waals surface area contributed by atoms with Crippen LogP contribution in [0, 0.1) is 17.8 Å². The van der Waals surface area contributed by atoms with E-state index in [0.717, 1.165) is 17.8 Å². The molecule has 0 unspecified atom stereocenters. The molecule has 0 aliphatic rings. The van der Waals surface area contributed by atoms with Crippen LogP contribution < -0.4 is 49.6 Å². The molecule has 0 aliphatic carbocycles. The van der Waals surface area contributed by atoms with Crippen molar-refractivity contribution < 1.29 is 67.5 Å². The van der Waals surface area contributed by atoms with Crippen LogP contribution in [0.3, 0.4) is 0 Å². The maximum Gasteiger partial charge on any atom is 3.00 e. The molecule has 0 rings (SSSR count). The van der Waals surface area contributed by atoms with E-state index < -0.39 is 17.9 Å². The van der Waals surface area contributed by atoms with E-state index in [0.29, 0.717) is 0 Å². The van der Waals surface area contributed by atoms with E-state index in [1.165, 1.54) is 0 Å². The van der Waals surface area contributed by atoms with Crippen molar-refractivity contribution >= 4 is 17.4 Å². The molecule has 0 saturated heterocycles. The third-order valence-electron chi connectivity index (χ3n) is 2.09. The predicted octanol–water partition coefficient (Wildman–Crippen LogP) is -7.54. The first-order valence-electron chi connectivity index (χ1n) is 5.75. The molecule has 0 nitrogen and oxygen atoms in total. The summed E-state index contributed by atoms with van der Waals surface area (Å²) in [7, 11) is 0. The predicted molar refractivity (Wildman–Crippen MR) is 64.7 cm³/mol. The van der Waals surface area contributed by atoms with Crippen LogP contribution in [0.2, 0.25) is 14.2 Å². The molecule has 110 valence electrons. The SMILES string of the molecule is CC(C)[CH2][Ti+]([CH2]C(C)C)[CH2]C(C)C.[Al+3].[Cl-].[Cl-].[Cl-].[Cl-]. The van der Waals surface area contributed by atoms with E-state index in [1.54, 1.807) is 14.2 Å². The molecule has 0 atom stereocenters. The Balaban J connectivity index is -0.0000000720. The number of rotatable bonds is 6. The molecule has 0 aromatic rings. The largest absolute Gasteiger partial charge is 3.00 e. The molecule has 6 heteroatoms. The fourth-order valence-electron chi connectivity index (χ4n) is 1.98. The second-order valence-electron chi connectivity index (χ2n) is 5.54. The van der Waals surface area contributed by atoms with E-state index in [4.69, 9.17) is 0 Å². The Bertz CT molecular complexity index is 111. The first-order valence-corrected chi connectivity index (χ1v) is 9.06. The van der Waals surface area contributed by atoms with E-state index >= 15 is 0 Å². The van der Waals surface area contributed by atoms with Gasteiger partial charge in [0, 0.05) is 0 Å². The average Bonchev–Trinajstić information content (AvgIpc) is 1.80. The average molecular weight is 388 g/mol. The van der Waals surface area contributed by atoms with E-state index in [2.05, 4.69) is 41.5 Å². The van der Waals surface area contributed by atoms with Crippen LogP contribution >= 0.6 is 0 Å². The van der Waals surface area contributed by atoms with Gasteiger partial charge < -0.3 is 49.6 Å². The molecule has 0 radical (unpaired) electrons. The van der Waals surface area contributed by atoms with E-state index in [1.807, 2.05) is 0 Å². The summed E-state index contributed by atoms with van der Waals surface area (Å²) in [5, 5.41) is 0. The van der Waals surface area contributed by atoms with Gasteiger partial charge in [-0.15, -0.1) is 0 Å². The molecule has 0 aromatic heterocycles. The van der Waals surface area contributed by atoms with Crippen molar-refractivity contribution in [1.82, 2.24) is 0 Å². The van der Waals surface area contributed by atoms with Crippen LogP contribution in [-0.2, 0) is 17.9 Å². The normalized spacial score (nSPS) is 8.50. The van der Waals surface area contributed by atoms with Crippen LogP contribution in [0.4, 0.5) is 0 Å². The second kappa shape index (κ2) is 21.7. The number of hydrogen-bond donors (Lipinski definition) is 0. The van der Waals surface area contributed by atoms with Gasteiger partial charge in [-0.1, -0.05) is 0 Å². The molecule has 0 heterocycles. The molecule has 0 saturated carbocycles. The molecule has 0 aromatic carbocycles. The van der Waals surface area contributed by atoms with Crippen molar-refractivity contribution in [3.63, 3.8) is 0 Å². The van der Waals surface area contributed by atoms with Crippen LogP contribution in [0.5, 0.6) is 0 Å². The Hall–Kier alpha value is 2.41. The zero-order valence-electron chi connectivity index (χ0n) is 12.4. The van der Waals surface area contributed by atoms with Crippen molar-refractivity contribution in [2.45, 2.75) is 55.7 Å². The van der Waals surface area contributed by atoms with Gasteiger partial charge in [0.1, 0.15) is 0 Å². The Morgan fingerprint density at radius 3 is 0.833 bits per heavy atom. The smallest absolute Gasteiger partial charge is 1.00 e. The molecular formula is C12H27AlCl4Ti. The van der Waals surface area contributed by atoms with Crippen LogP contribution in [0.15, 0.2) is 0 Å². The quantitative estimate of drug-likeness (QED) is 0.397. The Kier molecular flexibility index (Phi) is 44.6. The Morgan fingerprint density at radius 2 is 0.722 bits per heavy atom. The number of hydrogen-bond acceptors (Lipinski definition) is 0. The first kappa shape index (κ1) is 37.0. The standard InChI is InChI=1S/3C4H9.Al.4ClH.Ti/c3*1-4(2)3;;;;;;/h3*4H,1H2,2-3H3;;4*1H;/q;;;+3;;;;;+1/p-4. The Labute approximate surface area is 157 Å². The fraction of sp³-hybridized carbons (Fsp3) is 1.00. The summed E-state index contributed by atoms with van der Waals surface area (Å²) in [4.78, 5) is 0. The molecule has 0 fully saturated rings. The zero-order valence-corrected chi connectivity index (χ0v) is 18.2. The Morgan fingerprint density at radius 1 is 0.556 bits per heavy atom. The molecule has 0 N–H and O–H groups in total. The van der Waals surface area contributed by atoms with Crippen LogP contribution in [-0.4, -0.2) is 17.4 Å². The van der Waals surface area contributed by atoms with Gasteiger partial charge in [0.15, 0.2) is 0 Å². The van der Waals surface area contributed by atoms with Crippen molar-refractivity contribution in [2.24, 2.45) is 17.8 Å². The molecule has 0 spiro atoms. The molecular weight excluding hydrogens is 361 g/mol. The minimum Gasteiger partial charge on any atom is -1.00 e. The van der Waals surface area contributed by atoms with Gasteiger partial charge in [-0.3, -0.25) is 0 Å². The summed E-state index contributed by atoms with van der Waals surface area (Å²) in [5.41, 5.74) is 0. The third-order valence-corrected chi connectivity index (χ3v) is 8.62. The van der Waals surface area contributed by atoms with Crippen LogP contribution in [0.25, 0.3) is 0 Å². The van der Waals surface area contributed by atoms with E-state index in [9.17, 15) is 0 Å². The second-order valence-corrected chi connectivity index (χ2v) is 9.80. The maximum atomic E-state index is 2.38. The summed E-state index contributed by atoms with van der Waals surface area (Å²) in [6, 6.07) is 0. The topological polar surface area (TPSA) is 0 Å². The molecule has 0 aliphatic heterocycles. The summed E-state index contributed by atoms with van der Waals surface area (Å²) >= 11 is -0.681. The maximum absolute atomic E-state index is 2.38. The fourth-order valence-corrected chi connectivity index (χ4v) is 8.17. The molecule has 0 bridgehead atoms. The third kappa shape index (κ3) is 26.9. The summed E-state index contributed by atoms with van der Waals surface area (Å²) < 4.78 is 4.74. The van der Waals surface area contributed by atoms with Crippen molar-refractivity contribution in [1.29, 1.82) is 0 Å². The van der Waals surface area contributed by atoms with Crippen molar-refractivity contribution in [2.75, 3.05) is 0 Å². The van der Waals surface area contributed by atoms with Gasteiger partial charge >= 0.3 is 109 Å². The van der Waals surface area contributed by atoms with E-state index in [-0.39, 0.29) is 67.0 Å². The van der Waals surface area contributed by atoms with Gasteiger partial charge in [-0.25, -0.2) is 0 Å². The first-order chi connectivity index (χ1) is 5.91. The van der Waals surface area contributed by atoms with Gasteiger partial charge in [0.25, 0.3) is 0 Å². The van der Waals surface area contributed by atoms with Gasteiger partial charge in [-0.05, 0) is 0 Å². The monoisotopic (exact) mass is 386 g/mol. The molecule has 0 amide bonds. The summed E-state index contributed by atoms with van der Waals surface area (Å²) in [5.74, 6) is 2.81. The van der Waals surface area contributed by atoms with Crippen molar-refractivity contribution in [3.05, 3.63) is 0 Å². The van der Waals surface area contributed by atoms with Gasteiger partial charge in [0.2, 0.25) is 0 Å². The minimum absolute atomic E-state index is 0. The minimum atomic E-state index is -0.681. The van der Waals surface area contributed by atoms with Gasteiger partial charge in [-0.2, -0.15) is 0 Å². The molecule has 18 heavy (non-hydrogen) atoms. The van der Waals surface area contributed by atoms with Crippen LogP contribution in [0.1, 0.15) is 41.5 Å². The zero-order chi connectivity index (χ0) is 10.4. The van der Waals surface area contributed by atoms with Gasteiger partial charge in [0.05, 0.1) is 0 Å². The van der Waals surface area contributed by atoms with Crippen molar-refractivity contribution in [3.8, 4) is 0 Å². The summed E-state index contributed by atoms with van der Waals surface area (Å²) in [6.07, 6.45) is 0. The summed E-state index contributed by atoms with van der Waals surface area (Å²) in [6.45, 7) is 14.3. The number of halogens is 4.